The summed E-state index contributed by atoms with van der Waals surface area (Å²) in [5.41, 5.74) is 6.49. The van der Waals surface area contributed by atoms with Crippen LogP contribution < -0.4 is 11.1 Å². The molecule has 3 aromatic rings. The fourth-order valence-electron chi connectivity index (χ4n) is 3.17. The highest BCUT2D eigenvalue weighted by Gasteiger charge is 2.32. The predicted molar refractivity (Wildman–Crippen MR) is 115 cm³/mol. The number of thioether (sulfide) groups is 1. The highest BCUT2D eigenvalue weighted by atomic mass is 32.2. The molecule has 1 aromatic carbocycles. The van der Waals surface area contributed by atoms with E-state index in [1.165, 1.54) is 4.90 Å². The first kappa shape index (κ1) is 22.8. The summed E-state index contributed by atoms with van der Waals surface area (Å²) >= 11 is 0.864. The number of likely N-dealkylation sites (tertiary alicyclic amines) is 1. The second-order valence-corrected chi connectivity index (χ2v) is 8.46. The van der Waals surface area contributed by atoms with Gasteiger partial charge in [0.25, 0.3) is 0 Å². The summed E-state index contributed by atoms with van der Waals surface area (Å²) in [6.45, 7) is 0.603. The van der Waals surface area contributed by atoms with Gasteiger partial charge in [0.05, 0.1) is 5.75 Å². The Morgan fingerprint density at radius 2 is 1.85 bits per heavy atom. The van der Waals surface area contributed by atoms with Crippen LogP contribution >= 0.6 is 11.8 Å². The van der Waals surface area contributed by atoms with E-state index in [-0.39, 0.29) is 34.7 Å². The van der Waals surface area contributed by atoms with Crippen LogP contribution in [0.15, 0.2) is 34.9 Å². The van der Waals surface area contributed by atoms with Gasteiger partial charge in [-0.2, -0.15) is 33.1 Å². The number of anilines is 3. The lowest BCUT2D eigenvalue weighted by molar-refractivity contribution is -0.105. The molecule has 0 aliphatic carbocycles. The Hall–Kier alpha value is -3.42. The van der Waals surface area contributed by atoms with Gasteiger partial charge in [-0.25, -0.2) is 0 Å². The van der Waals surface area contributed by atoms with Crippen molar-refractivity contribution in [2.75, 3.05) is 29.9 Å². The molecule has 1 aliphatic heterocycles. The molecular formula is C19H19F3N8O2S. The smallest absolute Gasteiger partial charge is 0.368 e. The van der Waals surface area contributed by atoms with E-state index in [1.54, 1.807) is 0 Å². The largest absolute Gasteiger partial charge is 0.397 e. The van der Waals surface area contributed by atoms with E-state index in [0.717, 1.165) is 17.4 Å². The average Bonchev–Trinajstić information content (AvgIpc) is 3.28. The highest BCUT2D eigenvalue weighted by Crippen LogP contribution is 2.30. The van der Waals surface area contributed by atoms with Gasteiger partial charge in [-0.15, -0.1) is 11.8 Å². The van der Waals surface area contributed by atoms with Gasteiger partial charge in [0, 0.05) is 24.0 Å². The predicted octanol–water partition coefficient (Wildman–Crippen LogP) is 3.15. The van der Waals surface area contributed by atoms with Gasteiger partial charge in [0.15, 0.2) is 0 Å². The van der Waals surface area contributed by atoms with Gasteiger partial charge in [-0.1, -0.05) is 23.4 Å². The molecule has 4 rings (SSSR count). The molecule has 2 aromatic heterocycles. The number of carbonyl (C=O) groups excluding carboxylic acids is 1. The number of rotatable bonds is 6. The zero-order chi connectivity index (χ0) is 23.4. The topological polar surface area (TPSA) is 136 Å². The van der Waals surface area contributed by atoms with E-state index >= 15 is 0 Å². The van der Waals surface area contributed by atoms with Crippen LogP contribution in [-0.2, 0) is 0 Å². The van der Waals surface area contributed by atoms with E-state index < -0.39 is 17.8 Å². The summed E-state index contributed by atoms with van der Waals surface area (Å²) in [5.74, 6) is -1.59. The van der Waals surface area contributed by atoms with Gasteiger partial charge < -0.3 is 20.5 Å². The number of hydrogen-bond donors (Lipinski definition) is 2. The van der Waals surface area contributed by atoms with Gasteiger partial charge in [-0.3, -0.25) is 4.79 Å². The Balaban J connectivity index is 1.40. The van der Waals surface area contributed by atoms with E-state index in [4.69, 9.17) is 10.3 Å². The molecule has 14 heteroatoms. The number of nitrogen functional groups attached to an aromatic ring is 1. The summed E-state index contributed by atoms with van der Waals surface area (Å²) < 4.78 is 42.3. The van der Waals surface area contributed by atoms with Crippen molar-refractivity contribution in [2.45, 2.75) is 24.3 Å². The second kappa shape index (κ2) is 9.60. The van der Waals surface area contributed by atoms with Gasteiger partial charge >= 0.3 is 18.0 Å². The minimum Gasteiger partial charge on any atom is -0.368 e. The molecule has 1 fully saturated rings. The lowest BCUT2D eigenvalue weighted by Crippen LogP contribution is -2.39. The van der Waals surface area contributed by atoms with Crippen LogP contribution in [-0.4, -0.2) is 66.2 Å². The minimum atomic E-state index is -4.20. The molecule has 0 radical (unpaired) electrons. The number of para-hydroxylation sites is 1. The van der Waals surface area contributed by atoms with Crippen LogP contribution in [0.5, 0.6) is 0 Å². The SMILES string of the molecule is Nc1nc(Nc2ccccc2)nc(-c2noc(C(=O)N3CCC(SCC(F)(F)F)CC3)n2)n1. The first-order chi connectivity index (χ1) is 15.8. The number of amides is 1. The van der Waals surface area contributed by atoms with E-state index in [0.29, 0.717) is 25.9 Å². The maximum Gasteiger partial charge on any atom is 0.397 e. The lowest BCUT2D eigenvalue weighted by atomic mass is 10.1. The molecule has 1 amide bonds. The number of halogens is 3. The van der Waals surface area contributed by atoms with Crippen molar-refractivity contribution < 1.29 is 22.5 Å². The lowest BCUT2D eigenvalue weighted by Gasteiger charge is -2.30. The summed E-state index contributed by atoms with van der Waals surface area (Å²) in [7, 11) is 0. The molecule has 3 heterocycles. The van der Waals surface area contributed by atoms with Crippen LogP contribution in [0.4, 0.5) is 30.8 Å². The van der Waals surface area contributed by atoms with E-state index in [9.17, 15) is 18.0 Å². The first-order valence-electron chi connectivity index (χ1n) is 9.92. The minimum absolute atomic E-state index is 0.0194. The molecule has 0 unspecified atom stereocenters. The molecule has 0 spiro atoms. The van der Waals surface area contributed by atoms with Crippen molar-refractivity contribution in [3.05, 3.63) is 36.2 Å². The molecule has 0 saturated carbocycles. The fourth-order valence-corrected chi connectivity index (χ4v) is 4.14. The summed E-state index contributed by atoms with van der Waals surface area (Å²) in [6.07, 6.45) is -3.30. The van der Waals surface area contributed by atoms with Crippen LogP contribution in [0.1, 0.15) is 23.5 Å². The van der Waals surface area contributed by atoms with E-state index in [1.807, 2.05) is 30.3 Å². The number of alkyl halides is 3. The number of nitrogens with one attached hydrogen (secondary N) is 1. The summed E-state index contributed by atoms with van der Waals surface area (Å²) in [5, 5.41) is 6.59. The van der Waals surface area contributed by atoms with Gasteiger partial charge in [0.1, 0.15) is 0 Å². The molecule has 1 saturated heterocycles. The van der Waals surface area contributed by atoms with Crippen LogP contribution in [0.2, 0.25) is 0 Å². The Morgan fingerprint density at radius 3 is 2.55 bits per heavy atom. The molecule has 174 valence electrons. The standard InChI is InChI=1S/C19H19F3N8O2S/c20-19(21,22)10-33-12-6-8-30(9-7-12)16(31)15-25-14(29-32-15)13-26-17(23)28-18(27-13)24-11-4-2-1-3-5-11/h1-5,12H,6-10H2,(H3,23,24,26,27,28). The normalized spacial score (nSPS) is 14.9. The molecule has 10 nitrogen and oxygen atoms in total. The molecular weight excluding hydrogens is 461 g/mol. The van der Waals surface area contributed by atoms with Crippen molar-refractivity contribution in [2.24, 2.45) is 0 Å². The zero-order valence-electron chi connectivity index (χ0n) is 17.1. The van der Waals surface area contributed by atoms with Crippen LogP contribution in [0.3, 0.4) is 0 Å². The first-order valence-corrected chi connectivity index (χ1v) is 11.0. The Kier molecular flexibility index (Phi) is 6.62. The quantitative estimate of drug-likeness (QED) is 0.541. The van der Waals surface area contributed by atoms with Crippen molar-refractivity contribution in [1.82, 2.24) is 30.0 Å². The summed E-state index contributed by atoms with van der Waals surface area (Å²) in [4.78, 5) is 30.5. The number of carbonyl (C=O) groups is 1. The Bertz CT molecular complexity index is 1100. The van der Waals surface area contributed by atoms with Crippen molar-refractivity contribution in [3.63, 3.8) is 0 Å². The van der Waals surface area contributed by atoms with Gasteiger partial charge in [0.2, 0.25) is 23.5 Å². The van der Waals surface area contributed by atoms with Crippen molar-refractivity contribution in [3.8, 4) is 11.6 Å². The van der Waals surface area contributed by atoms with E-state index in [2.05, 4.69) is 30.4 Å². The number of benzene rings is 1. The molecule has 3 N–H and O–H groups in total. The van der Waals surface area contributed by atoms with Crippen LogP contribution in [0, 0.1) is 0 Å². The third-order valence-electron chi connectivity index (χ3n) is 4.70. The number of piperidine rings is 1. The monoisotopic (exact) mass is 480 g/mol. The second-order valence-electron chi connectivity index (χ2n) is 7.17. The molecule has 0 atom stereocenters. The maximum atomic E-state index is 12.7. The Morgan fingerprint density at radius 1 is 1.12 bits per heavy atom. The third kappa shape index (κ3) is 6.09. The average molecular weight is 480 g/mol. The fraction of sp³-hybridized carbons (Fsp3) is 0.368. The van der Waals surface area contributed by atoms with Gasteiger partial charge in [-0.05, 0) is 25.0 Å². The number of hydrogen-bond acceptors (Lipinski definition) is 10. The zero-order valence-corrected chi connectivity index (χ0v) is 17.9. The molecule has 33 heavy (non-hydrogen) atoms. The number of aromatic nitrogens is 5. The van der Waals surface area contributed by atoms with Crippen molar-refractivity contribution in [1.29, 1.82) is 0 Å². The molecule has 1 aliphatic rings. The maximum absolute atomic E-state index is 12.7. The number of nitrogens with zero attached hydrogens (tertiary/aromatic N) is 6. The number of nitrogens with two attached hydrogens (primary N) is 1. The van der Waals surface area contributed by atoms with Crippen molar-refractivity contribution >= 4 is 35.3 Å². The highest BCUT2D eigenvalue weighted by molar-refractivity contribution is 7.99. The third-order valence-corrected chi connectivity index (χ3v) is 6.14. The van der Waals surface area contributed by atoms with Crippen LogP contribution in [0.25, 0.3) is 11.6 Å². The molecule has 0 bridgehead atoms. The Labute approximate surface area is 190 Å². The summed E-state index contributed by atoms with van der Waals surface area (Å²) in [6, 6.07) is 9.16.